The Labute approximate surface area is 129 Å². The molecule has 0 bridgehead atoms. The highest BCUT2D eigenvalue weighted by Crippen LogP contribution is 2.22. The predicted molar refractivity (Wildman–Crippen MR) is 85.7 cm³/mol. The first-order valence-electron chi connectivity index (χ1n) is 7.36. The lowest BCUT2D eigenvalue weighted by Crippen LogP contribution is -2.45. The van der Waals surface area contributed by atoms with Crippen molar-refractivity contribution in [3.8, 4) is 0 Å². The van der Waals surface area contributed by atoms with Crippen LogP contribution in [0.2, 0.25) is 0 Å². The molecular formula is C16H23BrN2O. The van der Waals surface area contributed by atoms with Crippen molar-refractivity contribution in [2.75, 3.05) is 7.05 Å². The summed E-state index contributed by atoms with van der Waals surface area (Å²) in [4.78, 5) is 14.2. The van der Waals surface area contributed by atoms with Crippen LogP contribution in [0, 0.1) is 0 Å². The topological polar surface area (TPSA) is 32.3 Å². The fourth-order valence-electron chi connectivity index (χ4n) is 2.76. The molecule has 2 rings (SSSR count). The van der Waals surface area contributed by atoms with Crippen molar-refractivity contribution < 1.29 is 4.79 Å². The Morgan fingerprint density at radius 2 is 1.85 bits per heavy atom. The van der Waals surface area contributed by atoms with Gasteiger partial charge in [0.1, 0.15) is 0 Å². The molecule has 0 heterocycles. The summed E-state index contributed by atoms with van der Waals surface area (Å²) in [5.41, 5.74) is 1.12. The van der Waals surface area contributed by atoms with Gasteiger partial charge in [-0.1, -0.05) is 47.3 Å². The van der Waals surface area contributed by atoms with Crippen LogP contribution in [0.5, 0.6) is 0 Å². The Kier molecular flexibility index (Phi) is 5.46. The molecular weight excluding hydrogens is 316 g/mol. The van der Waals surface area contributed by atoms with Gasteiger partial charge in [-0.3, -0.25) is 0 Å². The van der Waals surface area contributed by atoms with Crippen molar-refractivity contribution in [3.05, 3.63) is 34.3 Å². The molecule has 2 amide bonds. The smallest absolute Gasteiger partial charge is 0.317 e. The Bertz CT molecular complexity index is 440. The molecule has 1 aromatic carbocycles. The molecule has 1 saturated carbocycles. The maximum atomic E-state index is 12.3. The van der Waals surface area contributed by atoms with Gasteiger partial charge < -0.3 is 10.2 Å². The Balaban J connectivity index is 1.91. The molecule has 1 N–H and O–H groups in total. The van der Waals surface area contributed by atoms with E-state index in [4.69, 9.17) is 0 Å². The van der Waals surface area contributed by atoms with Crippen LogP contribution in [-0.4, -0.2) is 24.0 Å². The molecule has 110 valence electrons. The van der Waals surface area contributed by atoms with Crippen LogP contribution in [0.15, 0.2) is 28.7 Å². The number of amides is 2. The van der Waals surface area contributed by atoms with E-state index < -0.39 is 0 Å². The van der Waals surface area contributed by atoms with E-state index in [9.17, 15) is 4.79 Å². The van der Waals surface area contributed by atoms with Gasteiger partial charge in [0.05, 0.1) is 6.04 Å². The minimum absolute atomic E-state index is 0.0293. The van der Waals surface area contributed by atoms with Crippen LogP contribution >= 0.6 is 15.9 Å². The summed E-state index contributed by atoms with van der Waals surface area (Å²) in [7, 11) is 1.92. The predicted octanol–water partition coefficient (Wildman–Crippen LogP) is 4.48. The molecule has 1 atom stereocenters. The average molecular weight is 339 g/mol. The maximum Gasteiger partial charge on any atom is 0.317 e. The lowest BCUT2D eigenvalue weighted by atomic mass is 9.95. The molecule has 0 aromatic heterocycles. The largest absolute Gasteiger partial charge is 0.331 e. The molecule has 3 nitrogen and oxygen atoms in total. The van der Waals surface area contributed by atoms with Crippen molar-refractivity contribution >= 4 is 22.0 Å². The van der Waals surface area contributed by atoms with Crippen LogP contribution in [0.3, 0.4) is 0 Å². The quantitative estimate of drug-likeness (QED) is 0.865. The van der Waals surface area contributed by atoms with Crippen molar-refractivity contribution in [1.29, 1.82) is 0 Å². The van der Waals surface area contributed by atoms with Crippen molar-refractivity contribution in [2.24, 2.45) is 0 Å². The highest BCUT2D eigenvalue weighted by Gasteiger charge is 2.22. The van der Waals surface area contributed by atoms with Gasteiger partial charge in [0.15, 0.2) is 0 Å². The number of rotatable bonds is 3. The summed E-state index contributed by atoms with van der Waals surface area (Å²) in [6, 6.07) is 8.55. The molecule has 20 heavy (non-hydrogen) atoms. The number of hydrogen-bond donors (Lipinski definition) is 1. The van der Waals surface area contributed by atoms with E-state index in [1.165, 1.54) is 19.3 Å². The summed E-state index contributed by atoms with van der Waals surface area (Å²) in [6.45, 7) is 2.02. The second-order valence-corrected chi connectivity index (χ2v) is 6.54. The highest BCUT2D eigenvalue weighted by atomic mass is 79.9. The van der Waals surface area contributed by atoms with E-state index in [0.717, 1.165) is 22.9 Å². The summed E-state index contributed by atoms with van der Waals surface area (Å²) < 4.78 is 1.05. The summed E-state index contributed by atoms with van der Waals surface area (Å²) in [5.74, 6) is 0. The number of hydrogen-bond acceptors (Lipinski definition) is 1. The molecule has 0 spiro atoms. The Morgan fingerprint density at radius 3 is 2.45 bits per heavy atom. The van der Waals surface area contributed by atoms with Gasteiger partial charge in [-0.15, -0.1) is 0 Å². The van der Waals surface area contributed by atoms with Gasteiger partial charge in [0, 0.05) is 17.6 Å². The minimum Gasteiger partial charge on any atom is -0.331 e. The van der Waals surface area contributed by atoms with Gasteiger partial charge in [0.25, 0.3) is 0 Å². The van der Waals surface area contributed by atoms with Crippen LogP contribution in [0.4, 0.5) is 4.79 Å². The molecule has 0 radical (unpaired) electrons. The first kappa shape index (κ1) is 15.4. The molecule has 1 aliphatic rings. The number of carbonyl (C=O) groups is 1. The van der Waals surface area contributed by atoms with Crippen molar-refractivity contribution in [1.82, 2.24) is 10.2 Å². The van der Waals surface area contributed by atoms with Crippen LogP contribution < -0.4 is 5.32 Å². The van der Waals surface area contributed by atoms with Gasteiger partial charge in [-0.05, 0) is 37.5 Å². The number of carbonyl (C=O) groups excluding carboxylic acids is 1. The van der Waals surface area contributed by atoms with E-state index in [1.54, 1.807) is 0 Å². The standard InChI is InChI=1S/C16H23BrN2O/c1-12(13-8-10-14(17)11-9-13)18-16(20)19(2)15-6-4-3-5-7-15/h8-12,15H,3-7H2,1-2H3,(H,18,20). The molecule has 1 fully saturated rings. The summed E-state index contributed by atoms with van der Waals surface area (Å²) in [6.07, 6.45) is 6.06. The number of nitrogens with one attached hydrogen (secondary N) is 1. The third kappa shape index (κ3) is 3.98. The van der Waals surface area contributed by atoms with Crippen LogP contribution in [0.1, 0.15) is 50.6 Å². The zero-order valence-corrected chi connectivity index (χ0v) is 13.8. The van der Waals surface area contributed by atoms with Gasteiger partial charge in [0.2, 0.25) is 0 Å². The zero-order chi connectivity index (χ0) is 14.5. The third-order valence-corrected chi connectivity index (χ3v) is 4.68. The highest BCUT2D eigenvalue weighted by molar-refractivity contribution is 9.10. The number of benzene rings is 1. The van der Waals surface area contributed by atoms with Crippen LogP contribution in [0.25, 0.3) is 0 Å². The lowest BCUT2D eigenvalue weighted by Gasteiger charge is -2.32. The van der Waals surface area contributed by atoms with Gasteiger partial charge >= 0.3 is 6.03 Å². The van der Waals surface area contributed by atoms with E-state index in [0.29, 0.717) is 6.04 Å². The average Bonchev–Trinajstić information content (AvgIpc) is 2.48. The zero-order valence-electron chi connectivity index (χ0n) is 12.2. The first-order valence-corrected chi connectivity index (χ1v) is 8.16. The molecule has 1 aliphatic carbocycles. The van der Waals surface area contributed by atoms with E-state index in [1.807, 2.05) is 43.1 Å². The third-order valence-electron chi connectivity index (χ3n) is 4.15. The van der Waals surface area contributed by atoms with E-state index in [-0.39, 0.29) is 12.1 Å². The van der Waals surface area contributed by atoms with Crippen molar-refractivity contribution in [3.63, 3.8) is 0 Å². The fraction of sp³-hybridized carbons (Fsp3) is 0.562. The molecule has 0 saturated heterocycles. The lowest BCUT2D eigenvalue weighted by molar-refractivity contribution is 0.171. The summed E-state index contributed by atoms with van der Waals surface area (Å²) >= 11 is 3.43. The first-order chi connectivity index (χ1) is 9.58. The molecule has 0 aliphatic heterocycles. The van der Waals surface area contributed by atoms with Gasteiger partial charge in [-0.2, -0.15) is 0 Å². The monoisotopic (exact) mass is 338 g/mol. The number of halogens is 1. The van der Waals surface area contributed by atoms with E-state index in [2.05, 4.69) is 21.2 Å². The van der Waals surface area contributed by atoms with Gasteiger partial charge in [-0.25, -0.2) is 4.79 Å². The number of nitrogens with zero attached hydrogens (tertiary/aromatic N) is 1. The molecule has 4 heteroatoms. The minimum atomic E-state index is 0.0293. The van der Waals surface area contributed by atoms with E-state index >= 15 is 0 Å². The summed E-state index contributed by atoms with van der Waals surface area (Å²) in [5, 5.41) is 3.08. The maximum absolute atomic E-state index is 12.3. The number of urea groups is 1. The SMILES string of the molecule is CC(NC(=O)N(C)C1CCCCC1)c1ccc(Br)cc1. The Hall–Kier alpha value is -1.03. The Morgan fingerprint density at radius 1 is 1.25 bits per heavy atom. The molecule has 1 unspecified atom stereocenters. The second kappa shape index (κ2) is 7.11. The fourth-order valence-corrected chi connectivity index (χ4v) is 3.02. The normalized spacial score (nSPS) is 17.6. The second-order valence-electron chi connectivity index (χ2n) is 5.63. The van der Waals surface area contributed by atoms with Crippen molar-refractivity contribution in [2.45, 2.75) is 51.1 Å². The molecule has 1 aromatic rings. The van der Waals surface area contributed by atoms with Crippen LogP contribution in [-0.2, 0) is 0 Å².